The molecule has 0 aromatic heterocycles. The maximum atomic E-state index is 9.82. The molecule has 1 rings (SSSR count). The van der Waals surface area contributed by atoms with Gasteiger partial charge in [0.05, 0.1) is 6.42 Å². The highest BCUT2D eigenvalue weighted by Crippen LogP contribution is 1.79. The van der Waals surface area contributed by atoms with E-state index in [2.05, 4.69) is 5.73 Å². The van der Waals surface area contributed by atoms with Crippen LogP contribution in [0.1, 0.15) is 6.42 Å². The Balaban J connectivity index is 0.000000249. The van der Waals surface area contributed by atoms with E-state index in [0.29, 0.717) is 0 Å². The van der Waals surface area contributed by atoms with E-state index in [0.717, 1.165) is 5.37 Å². The summed E-state index contributed by atoms with van der Waals surface area (Å²) in [5, 5.41) is 0.808. The molecule has 1 aromatic carbocycles. The topological polar surface area (TPSA) is 77.2 Å². The molecule has 0 aliphatic heterocycles. The minimum atomic E-state index is -2.26. The van der Waals surface area contributed by atoms with Crippen LogP contribution in [-0.2, 0) is 15.1 Å². The van der Waals surface area contributed by atoms with Crippen molar-refractivity contribution in [1.29, 1.82) is 0 Å². The fourth-order valence-corrected chi connectivity index (χ4v) is 0.835. The summed E-state index contributed by atoms with van der Waals surface area (Å²) in [6.07, 6.45) is -0.212. The lowest BCUT2D eigenvalue weighted by atomic mass is 10.4. The zero-order valence-corrected chi connectivity index (χ0v) is 8.28. The number of nitrogens with two attached hydrogens (primary N) is 1. The third-order valence-electron chi connectivity index (χ3n) is 1.09. The van der Waals surface area contributed by atoms with Gasteiger partial charge in [0, 0.05) is 5.37 Å². The summed E-state index contributed by atoms with van der Waals surface area (Å²) in [5.74, 6) is -0.644. The van der Waals surface area contributed by atoms with Crippen LogP contribution in [0.2, 0.25) is 0 Å². The summed E-state index contributed by atoms with van der Waals surface area (Å²) in [7, 11) is -2.26. The molecule has 76 valence electrons. The second kappa shape index (κ2) is 8.00. The fourth-order valence-electron chi connectivity index (χ4n) is 0.535. The highest BCUT2D eigenvalue weighted by atomic mass is 32.2. The second-order valence-electron chi connectivity index (χ2n) is 2.25. The van der Waals surface area contributed by atoms with Crippen molar-refractivity contribution in [2.45, 2.75) is 6.42 Å². The van der Waals surface area contributed by atoms with Gasteiger partial charge in [-0.2, -0.15) is 8.42 Å². The van der Waals surface area contributed by atoms with Crippen molar-refractivity contribution in [3.63, 3.8) is 0 Å². The lowest BCUT2D eigenvalue weighted by Gasteiger charge is -1.75. The van der Waals surface area contributed by atoms with Gasteiger partial charge in [-0.05, 0) is 0 Å². The first-order chi connectivity index (χ1) is 6.63. The zero-order chi connectivity index (χ0) is 10.8. The Morgan fingerprint density at radius 3 is 1.57 bits per heavy atom. The number of rotatable bonds is 2. The van der Waals surface area contributed by atoms with E-state index in [9.17, 15) is 13.2 Å². The van der Waals surface area contributed by atoms with Crippen LogP contribution in [0.5, 0.6) is 0 Å². The monoisotopic (exact) mass is 213 g/mol. The quantitative estimate of drug-likeness (QED) is 0.714. The molecule has 14 heavy (non-hydrogen) atoms. The van der Waals surface area contributed by atoms with Crippen LogP contribution in [0.3, 0.4) is 0 Å². The number of benzene rings is 1. The van der Waals surface area contributed by atoms with Crippen molar-refractivity contribution < 1.29 is 13.2 Å². The van der Waals surface area contributed by atoms with Crippen LogP contribution in [-0.4, -0.2) is 19.7 Å². The Morgan fingerprint density at radius 1 is 1.07 bits per heavy atom. The molecule has 5 heteroatoms. The molecular formula is C9H11NO3S. The molecule has 1 amide bonds. The molecule has 2 N–H and O–H groups in total. The van der Waals surface area contributed by atoms with Crippen molar-refractivity contribution in [3.8, 4) is 0 Å². The van der Waals surface area contributed by atoms with Crippen molar-refractivity contribution in [3.05, 3.63) is 36.4 Å². The number of carbonyl (C=O) groups excluding carboxylic acids is 1. The summed E-state index contributed by atoms with van der Waals surface area (Å²) in [4.78, 5) is 9.82. The van der Waals surface area contributed by atoms with Gasteiger partial charge in [0.15, 0.2) is 0 Å². The lowest BCUT2D eigenvalue weighted by Crippen LogP contribution is -2.10. The van der Waals surface area contributed by atoms with Gasteiger partial charge in [-0.1, -0.05) is 36.4 Å². The molecule has 1 aromatic rings. The van der Waals surface area contributed by atoms with Gasteiger partial charge in [0.25, 0.3) is 0 Å². The molecular weight excluding hydrogens is 202 g/mol. The smallest absolute Gasteiger partial charge is 0.222 e. The van der Waals surface area contributed by atoms with Crippen LogP contribution < -0.4 is 5.73 Å². The molecule has 0 aliphatic carbocycles. The Labute approximate surface area is 83.9 Å². The first-order valence-corrected chi connectivity index (χ1v) is 4.96. The summed E-state index contributed by atoms with van der Waals surface area (Å²) < 4.78 is 19.3. The predicted octanol–water partition coefficient (Wildman–Crippen LogP) is 0.230. The largest absolute Gasteiger partial charge is 0.369 e. The Kier molecular flexibility index (Phi) is 7.07. The number of amides is 1. The third kappa shape index (κ3) is 10.4. The normalized spacial score (nSPS) is 8.00. The maximum Gasteiger partial charge on any atom is 0.222 e. The average Bonchev–Trinajstić information content (AvgIpc) is 2.18. The Morgan fingerprint density at radius 2 is 1.43 bits per heavy atom. The molecule has 0 saturated carbocycles. The highest BCUT2D eigenvalue weighted by molar-refractivity contribution is 7.71. The number of primary amides is 1. The van der Waals surface area contributed by atoms with Gasteiger partial charge < -0.3 is 5.73 Å². The molecule has 0 atom stereocenters. The summed E-state index contributed by atoms with van der Waals surface area (Å²) in [6.45, 7) is 0. The van der Waals surface area contributed by atoms with Gasteiger partial charge in [-0.15, -0.1) is 0 Å². The second-order valence-corrected chi connectivity index (χ2v) is 3.11. The Bertz CT molecular complexity index is 349. The van der Waals surface area contributed by atoms with Gasteiger partial charge in [0.1, 0.15) is 0 Å². The van der Waals surface area contributed by atoms with Crippen LogP contribution in [0.25, 0.3) is 0 Å². The standard InChI is InChI=1S/C6H6.C3H5NO3S/c1-2-4-6-5-3-1;4-3(5)1-2-8(6)7/h1-6H;2H,1H2,(H2,4,5). The molecule has 0 aliphatic rings. The SMILES string of the molecule is NC(=O)CC=S(=O)=O.c1ccccc1. The van der Waals surface area contributed by atoms with E-state index in [1.165, 1.54) is 0 Å². The highest BCUT2D eigenvalue weighted by Gasteiger charge is 1.85. The van der Waals surface area contributed by atoms with Crippen molar-refractivity contribution in [2.24, 2.45) is 5.73 Å². The van der Waals surface area contributed by atoms with Gasteiger partial charge in [0.2, 0.25) is 16.2 Å². The molecule has 0 saturated heterocycles. The molecule has 0 heterocycles. The van der Waals surface area contributed by atoms with Crippen LogP contribution >= 0.6 is 0 Å². The summed E-state index contributed by atoms with van der Waals surface area (Å²) in [5.41, 5.74) is 4.60. The molecule has 0 spiro atoms. The van der Waals surface area contributed by atoms with Crippen molar-refractivity contribution >= 4 is 21.6 Å². The minimum absolute atomic E-state index is 0.212. The number of hydrogen-bond acceptors (Lipinski definition) is 3. The Hall–Kier alpha value is -1.62. The van der Waals surface area contributed by atoms with Crippen LogP contribution in [0.15, 0.2) is 36.4 Å². The van der Waals surface area contributed by atoms with Crippen molar-refractivity contribution in [1.82, 2.24) is 0 Å². The van der Waals surface area contributed by atoms with E-state index in [1.54, 1.807) is 0 Å². The fraction of sp³-hybridized carbons (Fsp3) is 0.111. The van der Waals surface area contributed by atoms with Crippen molar-refractivity contribution in [2.75, 3.05) is 0 Å². The van der Waals surface area contributed by atoms with E-state index in [1.807, 2.05) is 36.4 Å². The van der Waals surface area contributed by atoms with Gasteiger partial charge in [-0.3, -0.25) is 4.79 Å². The minimum Gasteiger partial charge on any atom is -0.369 e. The van der Waals surface area contributed by atoms with Gasteiger partial charge >= 0.3 is 0 Å². The molecule has 0 bridgehead atoms. The number of carbonyl (C=O) groups is 1. The molecule has 4 nitrogen and oxygen atoms in total. The summed E-state index contributed by atoms with van der Waals surface area (Å²) >= 11 is 0. The van der Waals surface area contributed by atoms with Gasteiger partial charge in [-0.25, -0.2) is 0 Å². The first kappa shape index (κ1) is 12.4. The van der Waals surface area contributed by atoms with E-state index in [4.69, 9.17) is 0 Å². The lowest BCUT2D eigenvalue weighted by molar-refractivity contribution is -0.116. The molecule has 0 unspecified atom stereocenters. The van der Waals surface area contributed by atoms with Crippen LogP contribution in [0, 0.1) is 0 Å². The maximum absolute atomic E-state index is 9.82. The average molecular weight is 213 g/mol. The van der Waals surface area contributed by atoms with E-state index >= 15 is 0 Å². The van der Waals surface area contributed by atoms with Crippen LogP contribution in [0.4, 0.5) is 0 Å². The summed E-state index contributed by atoms with van der Waals surface area (Å²) in [6, 6.07) is 12.0. The molecule has 0 fully saturated rings. The molecule has 0 radical (unpaired) electrons. The first-order valence-electron chi connectivity index (χ1n) is 3.82. The number of hydrogen-bond donors (Lipinski definition) is 1. The third-order valence-corrected chi connectivity index (χ3v) is 1.53. The van der Waals surface area contributed by atoms with E-state index in [-0.39, 0.29) is 6.42 Å². The van der Waals surface area contributed by atoms with E-state index < -0.39 is 16.2 Å². The zero-order valence-electron chi connectivity index (χ0n) is 7.46. The predicted molar refractivity (Wildman–Crippen MR) is 55.2 cm³/mol.